The van der Waals surface area contributed by atoms with Gasteiger partial charge in [0.25, 0.3) is 0 Å². The van der Waals surface area contributed by atoms with Crippen molar-refractivity contribution in [3.63, 3.8) is 0 Å². The van der Waals surface area contributed by atoms with Gasteiger partial charge in [-0.3, -0.25) is 4.79 Å². The molecule has 3 atom stereocenters. The minimum absolute atomic E-state index is 0.0488. The third-order valence-electron chi connectivity index (χ3n) is 2.86. The first-order valence-corrected chi connectivity index (χ1v) is 5.22. The van der Waals surface area contributed by atoms with Crippen molar-refractivity contribution in [2.75, 3.05) is 0 Å². The topological polar surface area (TPSA) is 87.4 Å². The van der Waals surface area contributed by atoms with Crippen molar-refractivity contribution in [3.8, 4) is 0 Å². The molecule has 0 radical (unpaired) electrons. The van der Waals surface area contributed by atoms with Gasteiger partial charge in [0.1, 0.15) is 0 Å². The molecule has 5 nitrogen and oxygen atoms in total. The largest absolute Gasteiger partial charge is 0.481 e. The Morgan fingerprint density at radius 3 is 2.62 bits per heavy atom. The Hall–Kier alpha value is -1.43. The molecule has 0 amide bonds. The fraction of sp³-hybridized carbons (Fsp3) is 0.364. The lowest BCUT2D eigenvalue weighted by Crippen LogP contribution is -2.39. The van der Waals surface area contributed by atoms with E-state index in [-0.39, 0.29) is 24.5 Å². The van der Waals surface area contributed by atoms with Crippen LogP contribution in [-0.4, -0.2) is 17.2 Å². The molecule has 1 aromatic rings. The second kappa shape index (κ2) is 4.61. The average Bonchev–Trinajstić information content (AvgIpc) is 2.61. The van der Waals surface area contributed by atoms with E-state index in [2.05, 4.69) is 10.9 Å². The van der Waals surface area contributed by atoms with Gasteiger partial charge in [-0.2, -0.15) is 0 Å². The Balaban J connectivity index is 2.17. The highest BCUT2D eigenvalue weighted by Crippen LogP contribution is 2.29. The first-order valence-electron chi connectivity index (χ1n) is 5.22. The van der Waals surface area contributed by atoms with Crippen LogP contribution in [0.4, 0.5) is 0 Å². The molecule has 1 saturated heterocycles. The zero-order valence-electron chi connectivity index (χ0n) is 8.76. The number of rotatable bonds is 3. The summed E-state index contributed by atoms with van der Waals surface area (Å²) < 4.78 is 0. The maximum Gasteiger partial charge on any atom is 0.303 e. The molecule has 1 aromatic carbocycles. The maximum atomic E-state index is 10.8. The molecule has 2 rings (SSSR count). The Labute approximate surface area is 93.6 Å². The highest BCUT2D eigenvalue weighted by atomic mass is 16.4. The molecule has 3 unspecified atom stereocenters. The van der Waals surface area contributed by atoms with Crippen molar-refractivity contribution in [1.82, 2.24) is 10.9 Å². The molecule has 0 aliphatic carbocycles. The van der Waals surface area contributed by atoms with E-state index in [0.717, 1.165) is 5.56 Å². The second-order valence-electron chi connectivity index (χ2n) is 3.96. The molecule has 16 heavy (non-hydrogen) atoms. The number of hydrogen-bond donors (Lipinski definition) is 4. The molecular formula is C11H15N3O2. The van der Waals surface area contributed by atoms with Gasteiger partial charge in [0.05, 0.1) is 18.6 Å². The van der Waals surface area contributed by atoms with Crippen LogP contribution in [0.1, 0.15) is 18.0 Å². The molecule has 0 aromatic heterocycles. The van der Waals surface area contributed by atoms with E-state index in [4.69, 9.17) is 10.8 Å². The quantitative estimate of drug-likeness (QED) is 0.586. The number of aliphatic carboxylic acids is 1. The Bertz CT molecular complexity index is 369. The minimum atomic E-state index is -0.827. The average molecular weight is 221 g/mol. The van der Waals surface area contributed by atoms with E-state index in [1.165, 1.54) is 0 Å². The standard InChI is InChI=1S/C11H15N3O2/c12-11-8(6-9(15)16)10(13-14-11)7-4-2-1-3-5-7/h1-5,8,10-11,13-14H,6,12H2,(H,15,16). The normalized spacial score (nSPS) is 29.2. The molecule has 1 fully saturated rings. The third-order valence-corrected chi connectivity index (χ3v) is 2.86. The van der Waals surface area contributed by atoms with E-state index < -0.39 is 5.97 Å². The van der Waals surface area contributed by atoms with Gasteiger partial charge >= 0.3 is 5.97 Å². The van der Waals surface area contributed by atoms with Crippen LogP contribution >= 0.6 is 0 Å². The van der Waals surface area contributed by atoms with Crippen LogP contribution < -0.4 is 16.6 Å². The number of nitrogens with one attached hydrogen (secondary N) is 2. The first-order chi connectivity index (χ1) is 7.68. The Morgan fingerprint density at radius 2 is 2.00 bits per heavy atom. The van der Waals surface area contributed by atoms with Gasteiger partial charge < -0.3 is 10.8 Å². The van der Waals surface area contributed by atoms with E-state index in [0.29, 0.717) is 0 Å². The number of carboxylic acids is 1. The van der Waals surface area contributed by atoms with Crippen molar-refractivity contribution in [2.45, 2.75) is 18.6 Å². The zero-order chi connectivity index (χ0) is 11.5. The maximum absolute atomic E-state index is 10.8. The molecule has 1 aliphatic rings. The summed E-state index contributed by atoms with van der Waals surface area (Å²) in [6.45, 7) is 0. The molecule has 0 saturated carbocycles. The summed E-state index contributed by atoms with van der Waals surface area (Å²) in [5.41, 5.74) is 12.8. The smallest absolute Gasteiger partial charge is 0.303 e. The van der Waals surface area contributed by atoms with Crippen LogP contribution in [0.25, 0.3) is 0 Å². The third kappa shape index (κ3) is 2.21. The molecular weight excluding hydrogens is 206 g/mol. The minimum Gasteiger partial charge on any atom is -0.481 e. The monoisotopic (exact) mass is 221 g/mol. The van der Waals surface area contributed by atoms with Gasteiger partial charge in [-0.05, 0) is 5.56 Å². The summed E-state index contributed by atoms with van der Waals surface area (Å²) in [6, 6.07) is 9.67. The van der Waals surface area contributed by atoms with Crippen molar-refractivity contribution in [1.29, 1.82) is 0 Å². The van der Waals surface area contributed by atoms with Crippen LogP contribution in [0.3, 0.4) is 0 Å². The highest BCUT2D eigenvalue weighted by molar-refractivity contribution is 5.67. The number of benzene rings is 1. The van der Waals surface area contributed by atoms with Gasteiger partial charge in [-0.1, -0.05) is 30.3 Å². The van der Waals surface area contributed by atoms with Crippen molar-refractivity contribution in [3.05, 3.63) is 35.9 Å². The van der Waals surface area contributed by atoms with Crippen molar-refractivity contribution >= 4 is 5.97 Å². The van der Waals surface area contributed by atoms with Crippen molar-refractivity contribution < 1.29 is 9.90 Å². The lowest BCUT2D eigenvalue weighted by Gasteiger charge is -2.19. The van der Waals surface area contributed by atoms with E-state index in [1.54, 1.807) is 0 Å². The summed E-state index contributed by atoms with van der Waals surface area (Å²) in [4.78, 5) is 10.8. The van der Waals surface area contributed by atoms with Crippen LogP contribution in [0.5, 0.6) is 0 Å². The SMILES string of the molecule is NC1NNC(c2ccccc2)C1CC(=O)O. The van der Waals surface area contributed by atoms with Crippen LogP contribution in [0.2, 0.25) is 0 Å². The molecule has 86 valence electrons. The summed E-state index contributed by atoms with van der Waals surface area (Å²) in [6.07, 6.45) is -0.276. The van der Waals surface area contributed by atoms with E-state index in [9.17, 15) is 4.79 Å². The summed E-state index contributed by atoms with van der Waals surface area (Å²) in [5, 5.41) is 8.85. The molecule has 5 heteroatoms. The lowest BCUT2D eigenvalue weighted by atomic mass is 9.90. The molecule has 1 heterocycles. The van der Waals surface area contributed by atoms with Crippen molar-refractivity contribution in [2.24, 2.45) is 11.7 Å². The predicted molar refractivity (Wildman–Crippen MR) is 59.2 cm³/mol. The van der Waals surface area contributed by atoms with Gasteiger partial charge in [-0.15, -0.1) is 0 Å². The number of carbonyl (C=O) groups is 1. The van der Waals surface area contributed by atoms with Gasteiger partial charge in [0, 0.05) is 5.92 Å². The first kappa shape index (κ1) is 11.1. The number of nitrogens with two attached hydrogens (primary N) is 1. The summed E-state index contributed by atoms with van der Waals surface area (Å²) in [7, 11) is 0. The summed E-state index contributed by atoms with van der Waals surface area (Å²) >= 11 is 0. The molecule has 5 N–H and O–H groups in total. The van der Waals surface area contributed by atoms with Crippen LogP contribution in [-0.2, 0) is 4.79 Å². The lowest BCUT2D eigenvalue weighted by molar-refractivity contribution is -0.138. The van der Waals surface area contributed by atoms with Gasteiger partial charge in [-0.25, -0.2) is 10.9 Å². The second-order valence-corrected chi connectivity index (χ2v) is 3.96. The number of carboxylic acid groups (broad SMARTS) is 1. The highest BCUT2D eigenvalue weighted by Gasteiger charge is 2.35. The fourth-order valence-corrected chi connectivity index (χ4v) is 2.04. The van der Waals surface area contributed by atoms with Gasteiger partial charge in [0.15, 0.2) is 0 Å². The predicted octanol–water partition coefficient (Wildman–Crippen LogP) is 0.211. The Kier molecular flexibility index (Phi) is 3.19. The van der Waals surface area contributed by atoms with E-state index >= 15 is 0 Å². The fourth-order valence-electron chi connectivity index (χ4n) is 2.04. The number of hydrogen-bond acceptors (Lipinski definition) is 4. The van der Waals surface area contributed by atoms with Crippen LogP contribution in [0.15, 0.2) is 30.3 Å². The van der Waals surface area contributed by atoms with Crippen LogP contribution in [0, 0.1) is 5.92 Å². The van der Waals surface area contributed by atoms with Gasteiger partial charge in [0.2, 0.25) is 0 Å². The van der Waals surface area contributed by atoms with E-state index in [1.807, 2.05) is 30.3 Å². The number of hydrazine groups is 1. The molecule has 1 aliphatic heterocycles. The zero-order valence-corrected chi connectivity index (χ0v) is 8.76. The Morgan fingerprint density at radius 1 is 1.31 bits per heavy atom. The summed E-state index contributed by atoms with van der Waals surface area (Å²) in [5.74, 6) is -0.966. The molecule has 0 spiro atoms. The molecule has 0 bridgehead atoms.